The summed E-state index contributed by atoms with van der Waals surface area (Å²) in [4.78, 5) is 24.2. The van der Waals surface area contributed by atoms with Crippen molar-refractivity contribution in [1.82, 2.24) is 5.32 Å². The number of rotatable bonds is 6. The highest BCUT2D eigenvalue weighted by Gasteiger charge is 2.20. The van der Waals surface area contributed by atoms with E-state index in [1.165, 1.54) is 11.8 Å². The summed E-state index contributed by atoms with van der Waals surface area (Å²) in [5.74, 6) is -1.14. The largest absolute Gasteiger partial charge is 0.480 e. The molecule has 1 amide bonds. The Morgan fingerprint density at radius 2 is 1.57 bits per heavy atom. The summed E-state index contributed by atoms with van der Waals surface area (Å²) in [7, 11) is 0. The summed E-state index contributed by atoms with van der Waals surface area (Å²) in [6.45, 7) is 0. The summed E-state index contributed by atoms with van der Waals surface area (Å²) in [6, 6.07) is 17.1. The molecule has 1 atom stereocenters. The molecule has 2 aromatic rings. The Morgan fingerprint density at radius 3 is 2.14 bits per heavy atom. The van der Waals surface area contributed by atoms with E-state index in [0.717, 1.165) is 4.90 Å². The number of carbonyl (C=O) groups is 2. The van der Waals surface area contributed by atoms with Gasteiger partial charge in [-0.2, -0.15) is 0 Å². The molecule has 2 N–H and O–H groups in total. The van der Waals surface area contributed by atoms with Crippen LogP contribution in [-0.4, -0.2) is 28.8 Å². The smallest absolute Gasteiger partial charge is 0.327 e. The van der Waals surface area contributed by atoms with Gasteiger partial charge in [-0.1, -0.05) is 36.4 Å². The van der Waals surface area contributed by atoms with Gasteiger partial charge >= 0.3 is 5.97 Å². The molecule has 108 valence electrons. The molecule has 0 saturated carbocycles. The van der Waals surface area contributed by atoms with Crippen LogP contribution in [0.25, 0.3) is 0 Å². The van der Waals surface area contributed by atoms with Crippen LogP contribution in [0.1, 0.15) is 10.4 Å². The van der Waals surface area contributed by atoms with E-state index < -0.39 is 12.0 Å². The monoisotopic (exact) mass is 301 g/mol. The van der Waals surface area contributed by atoms with Crippen molar-refractivity contribution in [1.29, 1.82) is 0 Å². The number of carboxylic acid groups (broad SMARTS) is 1. The van der Waals surface area contributed by atoms with E-state index in [2.05, 4.69) is 5.32 Å². The van der Waals surface area contributed by atoms with Gasteiger partial charge in [0.2, 0.25) is 0 Å². The molecule has 0 fully saturated rings. The van der Waals surface area contributed by atoms with E-state index in [0.29, 0.717) is 5.56 Å². The molecule has 0 spiro atoms. The normalized spacial score (nSPS) is 11.6. The minimum Gasteiger partial charge on any atom is -0.480 e. The van der Waals surface area contributed by atoms with Gasteiger partial charge in [0.15, 0.2) is 0 Å². The van der Waals surface area contributed by atoms with Gasteiger partial charge < -0.3 is 10.4 Å². The molecule has 0 aromatic heterocycles. The van der Waals surface area contributed by atoms with Crippen LogP contribution in [0, 0.1) is 0 Å². The molecule has 4 nitrogen and oxygen atoms in total. The quantitative estimate of drug-likeness (QED) is 0.805. The van der Waals surface area contributed by atoms with E-state index in [1.54, 1.807) is 30.3 Å². The summed E-state index contributed by atoms with van der Waals surface area (Å²) < 4.78 is 0. The number of aliphatic carboxylic acids is 1. The number of carbonyl (C=O) groups excluding carboxylic acids is 1. The molecule has 2 aromatic carbocycles. The maximum Gasteiger partial charge on any atom is 0.327 e. The molecule has 0 unspecified atom stereocenters. The van der Waals surface area contributed by atoms with Crippen LogP contribution < -0.4 is 5.32 Å². The third-order valence-electron chi connectivity index (χ3n) is 2.80. The van der Waals surface area contributed by atoms with Gasteiger partial charge in [0.1, 0.15) is 6.04 Å². The van der Waals surface area contributed by atoms with Crippen molar-refractivity contribution in [2.24, 2.45) is 0 Å². The Hall–Kier alpha value is -2.27. The standard InChI is InChI=1S/C16H15NO3S/c18-15(12-7-3-1-4-8-12)17-14(16(19)20)11-21-13-9-5-2-6-10-13/h1-10,14H,11H2,(H,17,18)(H,19,20)/t14-/m0/s1. The first-order valence-corrected chi connectivity index (χ1v) is 7.42. The topological polar surface area (TPSA) is 66.4 Å². The molecule has 2 rings (SSSR count). The summed E-state index contributed by atoms with van der Waals surface area (Å²) in [5, 5.41) is 11.8. The fourth-order valence-electron chi connectivity index (χ4n) is 1.70. The van der Waals surface area contributed by atoms with Gasteiger partial charge in [0, 0.05) is 16.2 Å². The molecule has 21 heavy (non-hydrogen) atoms. The minimum absolute atomic E-state index is 0.276. The second-order valence-electron chi connectivity index (χ2n) is 4.35. The maximum absolute atomic E-state index is 12.0. The van der Waals surface area contributed by atoms with Gasteiger partial charge in [-0.05, 0) is 24.3 Å². The molecule has 0 heterocycles. The van der Waals surface area contributed by atoms with Crippen LogP contribution in [-0.2, 0) is 4.79 Å². The van der Waals surface area contributed by atoms with E-state index in [9.17, 15) is 14.7 Å². The van der Waals surface area contributed by atoms with E-state index >= 15 is 0 Å². The molecule has 0 bridgehead atoms. The lowest BCUT2D eigenvalue weighted by Crippen LogP contribution is -2.42. The van der Waals surface area contributed by atoms with Crippen molar-refractivity contribution < 1.29 is 14.7 Å². The summed E-state index contributed by atoms with van der Waals surface area (Å²) in [6.07, 6.45) is 0. The third-order valence-corrected chi connectivity index (χ3v) is 3.90. The van der Waals surface area contributed by atoms with Crippen LogP contribution in [0.2, 0.25) is 0 Å². The predicted molar refractivity (Wildman–Crippen MR) is 82.5 cm³/mol. The van der Waals surface area contributed by atoms with Crippen LogP contribution in [0.4, 0.5) is 0 Å². The molecular formula is C16H15NO3S. The predicted octanol–water partition coefficient (Wildman–Crippen LogP) is 2.66. The van der Waals surface area contributed by atoms with E-state index in [1.807, 2.05) is 30.3 Å². The van der Waals surface area contributed by atoms with E-state index in [-0.39, 0.29) is 11.7 Å². The Morgan fingerprint density at radius 1 is 1.00 bits per heavy atom. The number of amides is 1. The van der Waals surface area contributed by atoms with Crippen LogP contribution in [0.3, 0.4) is 0 Å². The Bertz CT molecular complexity index is 601. The molecule has 0 aliphatic rings. The highest BCUT2D eigenvalue weighted by atomic mass is 32.2. The second kappa shape index (κ2) is 7.50. The van der Waals surface area contributed by atoms with Crippen molar-refractivity contribution in [3.05, 3.63) is 66.2 Å². The van der Waals surface area contributed by atoms with Gasteiger partial charge in [0.05, 0.1) is 0 Å². The number of hydrogen-bond acceptors (Lipinski definition) is 3. The van der Waals surface area contributed by atoms with Crippen LogP contribution in [0.5, 0.6) is 0 Å². The lowest BCUT2D eigenvalue weighted by atomic mass is 10.2. The second-order valence-corrected chi connectivity index (χ2v) is 5.45. The Balaban J connectivity index is 1.96. The molecular weight excluding hydrogens is 286 g/mol. The van der Waals surface area contributed by atoms with Gasteiger partial charge in [0.25, 0.3) is 5.91 Å². The molecule has 0 aliphatic carbocycles. The van der Waals surface area contributed by atoms with Crippen molar-refractivity contribution >= 4 is 23.6 Å². The van der Waals surface area contributed by atoms with Crippen molar-refractivity contribution in [3.63, 3.8) is 0 Å². The first kappa shape index (κ1) is 15.1. The number of hydrogen-bond donors (Lipinski definition) is 2. The fourth-order valence-corrected chi connectivity index (χ4v) is 2.64. The van der Waals surface area contributed by atoms with E-state index in [4.69, 9.17) is 0 Å². The lowest BCUT2D eigenvalue weighted by molar-refractivity contribution is -0.138. The summed E-state index contributed by atoms with van der Waals surface area (Å²) >= 11 is 1.40. The van der Waals surface area contributed by atoms with Gasteiger partial charge in [-0.25, -0.2) is 4.79 Å². The van der Waals surface area contributed by atoms with Gasteiger partial charge in [-0.15, -0.1) is 11.8 Å². The highest BCUT2D eigenvalue weighted by Crippen LogP contribution is 2.18. The number of thioether (sulfide) groups is 1. The molecule has 5 heteroatoms. The van der Waals surface area contributed by atoms with Crippen LogP contribution in [0.15, 0.2) is 65.6 Å². The molecule has 0 aliphatic heterocycles. The zero-order valence-corrected chi connectivity index (χ0v) is 12.0. The number of carboxylic acids is 1. The molecule has 0 saturated heterocycles. The molecule has 0 radical (unpaired) electrons. The fraction of sp³-hybridized carbons (Fsp3) is 0.125. The minimum atomic E-state index is -1.04. The van der Waals surface area contributed by atoms with Crippen molar-refractivity contribution in [3.8, 4) is 0 Å². The third kappa shape index (κ3) is 4.65. The SMILES string of the molecule is O=C(N[C@@H](CSc1ccccc1)C(=O)O)c1ccccc1. The van der Waals surface area contributed by atoms with Gasteiger partial charge in [-0.3, -0.25) is 4.79 Å². The van der Waals surface area contributed by atoms with Crippen LogP contribution >= 0.6 is 11.8 Å². The zero-order valence-electron chi connectivity index (χ0n) is 11.2. The number of benzene rings is 2. The Kier molecular flexibility index (Phi) is 5.40. The summed E-state index contributed by atoms with van der Waals surface area (Å²) in [5.41, 5.74) is 0.452. The average Bonchev–Trinajstić information content (AvgIpc) is 2.52. The number of nitrogens with one attached hydrogen (secondary N) is 1. The Labute approximate surface area is 127 Å². The first-order chi connectivity index (χ1) is 10.2. The first-order valence-electron chi connectivity index (χ1n) is 6.43. The average molecular weight is 301 g/mol. The lowest BCUT2D eigenvalue weighted by Gasteiger charge is -2.14. The van der Waals surface area contributed by atoms with Crippen molar-refractivity contribution in [2.45, 2.75) is 10.9 Å². The maximum atomic E-state index is 12.0. The highest BCUT2D eigenvalue weighted by molar-refractivity contribution is 7.99. The van der Waals surface area contributed by atoms with Crippen molar-refractivity contribution in [2.75, 3.05) is 5.75 Å². The zero-order chi connectivity index (χ0) is 15.1.